The minimum Gasteiger partial charge on any atom is -0.444 e. The standard InChI is InChI=1S/C15H18N2O/c16-2-1-14-17-9-13(18-14)15-6-10-3-11(7-15)5-12(4-10)8-15/h9-12H,1,3-8H2. The normalized spacial score (nSPS) is 40.9. The van der Waals surface area contributed by atoms with Crippen LogP contribution in [0.2, 0.25) is 0 Å². The van der Waals surface area contributed by atoms with Crippen LogP contribution >= 0.6 is 0 Å². The second-order valence-electron chi connectivity index (χ2n) is 6.65. The Hall–Kier alpha value is -1.30. The van der Waals surface area contributed by atoms with Gasteiger partial charge in [0.05, 0.1) is 12.3 Å². The van der Waals surface area contributed by atoms with Crippen molar-refractivity contribution in [2.24, 2.45) is 17.8 Å². The Kier molecular flexibility index (Phi) is 2.12. The monoisotopic (exact) mass is 242 g/mol. The maximum absolute atomic E-state index is 8.71. The van der Waals surface area contributed by atoms with Gasteiger partial charge in [-0.2, -0.15) is 5.26 Å². The zero-order valence-electron chi connectivity index (χ0n) is 10.6. The van der Waals surface area contributed by atoms with Crippen LogP contribution < -0.4 is 0 Å². The molecule has 0 aromatic carbocycles. The van der Waals surface area contributed by atoms with Crippen molar-refractivity contribution < 1.29 is 4.42 Å². The third kappa shape index (κ3) is 1.44. The summed E-state index contributed by atoms with van der Waals surface area (Å²) < 4.78 is 5.88. The molecule has 4 saturated carbocycles. The summed E-state index contributed by atoms with van der Waals surface area (Å²) in [5.41, 5.74) is 0.273. The molecule has 0 saturated heterocycles. The summed E-state index contributed by atoms with van der Waals surface area (Å²) in [4.78, 5) is 4.27. The highest BCUT2D eigenvalue weighted by Crippen LogP contribution is 2.60. The molecule has 1 aromatic heterocycles. The van der Waals surface area contributed by atoms with E-state index in [0.29, 0.717) is 12.3 Å². The van der Waals surface area contributed by atoms with Gasteiger partial charge in [-0.05, 0) is 56.3 Å². The fourth-order valence-corrected chi connectivity index (χ4v) is 5.12. The summed E-state index contributed by atoms with van der Waals surface area (Å²) in [5, 5.41) is 8.71. The van der Waals surface area contributed by atoms with Gasteiger partial charge < -0.3 is 4.42 Å². The number of hydrogen-bond acceptors (Lipinski definition) is 3. The second kappa shape index (κ2) is 3.60. The lowest BCUT2D eigenvalue weighted by Gasteiger charge is -2.55. The number of rotatable bonds is 2. The highest BCUT2D eigenvalue weighted by molar-refractivity contribution is 5.19. The van der Waals surface area contributed by atoms with Gasteiger partial charge in [0.2, 0.25) is 5.89 Å². The molecule has 0 amide bonds. The Morgan fingerprint density at radius 3 is 2.39 bits per heavy atom. The van der Waals surface area contributed by atoms with E-state index in [1.54, 1.807) is 0 Å². The zero-order valence-corrected chi connectivity index (χ0v) is 10.6. The van der Waals surface area contributed by atoms with Crippen LogP contribution in [0.5, 0.6) is 0 Å². The minimum atomic E-state index is 0.273. The van der Waals surface area contributed by atoms with Crippen molar-refractivity contribution in [2.75, 3.05) is 0 Å². The van der Waals surface area contributed by atoms with E-state index in [2.05, 4.69) is 11.1 Å². The molecule has 3 nitrogen and oxygen atoms in total. The van der Waals surface area contributed by atoms with Gasteiger partial charge in [0.25, 0.3) is 0 Å². The van der Waals surface area contributed by atoms with Gasteiger partial charge in [-0.1, -0.05) is 0 Å². The predicted molar refractivity (Wildman–Crippen MR) is 65.7 cm³/mol. The smallest absolute Gasteiger partial charge is 0.208 e. The second-order valence-corrected chi connectivity index (χ2v) is 6.65. The number of nitrogens with zero attached hydrogens (tertiary/aromatic N) is 2. The van der Waals surface area contributed by atoms with E-state index in [9.17, 15) is 0 Å². The SMILES string of the molecule is N#CCc1ncc(C23CC4CC(CC(C4)C2)C3)o1. The Morgan fingerprint density at radius 2 is 1.83 bits per heavy atom. The van der Waals surface area contributed by atoms with Crippen molar-refractivity contribution in [3.8, 4) is 6.07 Å². The topological polar surface area (TPSA) is 49.8 Å². The molecule has 1 heterocycles. The third-order valence-corrected chi connectivity index (χ3v) is 5.34. The lowest BCUT2D eigenvalue weighted by Crippen LogP contribution is -2.48. The summed E-state index contributed by atoms with van der Waals surface area (Å²) in [6.07, 6.45) is 10.4. The molecule has 4 aliphatic carbocycles. The van der Waals surface area contributed by atoms with E-state index < -0.39 is 0 Å². The average molecular weight is 242 g/mol. The molecule has 4 bridgehead atoms. The van der Waals surface area contributed by atoms with Gasteiger partial charge in [0, 0.05) is 5.41 Å². The summed E-state index contributed by atoms with van der Waals surface area (Å²) in [5.74, 6) is 4.43. The van der Waals surface area contributed by atoms with Crippen LogP contribution in [0, 0.1) is 29.1 Å². The molecule has 1 aromatic rings. The predicted octanol–water partition coefficient (Wildman–Crippen LogP) is 3.21. The number of nitriles is 1. The van der Waals surface area contributed by atoms with E-state index in [4.69, 9.17) is 9.68 Å². The maximum Gasteiger partial charge on any atom is 0.208 e. The fourth-order valence-electron chi connectivity index (χ4n) is 5.12. The van der Waals surface area contributed by atoms with Crippen molar-refractivity contribution in [3.63, 3.8) is 0 Å². The number of aromatic nitrogens is 1. The molecule has 0 spiro atoms. The molecule has 4 aliphatic rings. The molecular weight excluding hydrogens is 224 g/mol. The molecule has 0 aliphatic heterocycles. The van der Waals surface area contributed by atoms with Crippen molar-refractivity contribution in [2.45, 2.75) is 50.4 Å². The zero-order chi connectivity index (χ0) is 12.2. The maximum atomic E-state index is 8.71. The van der Waals surface area contributed by atoms with Crippen molar-refractivity contribution >= 4 is 0 Å². The van der Waals surface area contributed by atoms with Crippen LogP contribution in [0.1, 0.15) is 50.2 Å². The molecule has 94 valence electrons. The van der Waals surface area contributed by atoms with Crippen molar-refractivity contribution in [1.82, 2.24) is 4.98 Å². The van der Waals surface area contributed by atoms with Crippen molar-refractivity contribution in [3.05, 3.63) is 17.8 Å². The highest BCUT2D eigenvalue weighted by Gasteiger charge is 2.53. The van der Waals surface area contributed by atoms with Gasteiger partial charge in [-0.15, -0.1) is 0 Å². The number of hydrogen-bond donors (Lipinski definition) is 0. The highest BCUT2D eigenvalue weighted by atomic mass is 16.4. The molecule has 0 radical (unpaired) electrons. The van der Waals surface area contributed by atoms with Gasteiger partial charge >= 0.3 is 0 Å². The Morgan fingerprint density at radius 1 is 1.22 bits per heavy atom. The summed E-state index contributed by atoms with van der Waals surface area (Å²) in [6, 6.07) is 2.11. The van der Waals surface area contributed by atoms with Crippen molar-refractivity contribution in [1.29, 1.82) is 5.26 Å². The Labute approximate surface area is 107 Å². The molecular formula is C15H18N2O. The van der Waals surface area contributed by atoms with Crippen LogP contribution in [-0.2, 0) is 11.8 Å². The van der Waals surface area contributed by atoms with Crippen LogP contribution in [0.4, 0.5) is 0 Å². The molecule has 0 atom stereocenters. The van der Waals surface area contributed by atoms with Crippen LogP contribution in [-0.4, -0.2) is 4.98 Å². The summed E-state index contributed by atoms with van der Waals surface area (Å²) in [7, 11) is 0. The quantitative estimate of drug-likeness (QED) is 0.800. The van der Waals surface area contributed by atoms with Crippen LogP contribution in [0.3, 0.4) is 0 Å². The van der Waals surface area contributed by atoms with Gasteiger partial charge in [0.15, 0.2) is 0 Å². The van der Waals surface area contributed by atoms with E-state index in [0.717, 1.165) is 23.5 Å². The molecule has 0 unspecified atom stereocenters. The third-order valence-electron chi connectivity index (χ3n) is 5.34. The van der Waals surface area contributed by atoms with Crippen LogP contribution in [0.15, 0.2) is 10.6 Å². The Balaban J connectivity index is 1.68. The molecule has 18 heavy (non-hydrogen) atoms. The van der Waals surface area contributed by atoms with Gasteiger partial charge in [0.1, 0.15) is 12.2 Å². The first-order valence-electron chi connectivity index (χ1n) is 7.09. The van der Waals surface area contributed by atoms with E-state index in [-0.39, 0.29) is 5.41 Å². The fraction of sp³-hybridized carbons (Fsp3) is 0.733. The Bertz CT molecular complexity index is 476. The van der Waals surface area contributed by atoms with Crippen LogP contribution in [0.25, 0.3) is 0 Å². The molecule has 0 N–H and O–H groups in total. The first-order chi connectivity index (χ1) is 8.77. The average Bonchev–Trinajstić information content (AvgIpc) is 2.77. The minimum absolute atomic E-state index is 0.273. The first-order valence-corrected chi connectivity index (χ1v) is 7.09. The van der Waals surface area contributed by atoms with Gasteiger partial charge in [-0.3, -0.25) is 0 Å². The molecule has 4 fully saturated rings. The number of oxazole rings is 1. The lowest BCUT2D eigenvalue weighted by atomic mass is 9.49. The van der Waals surface area contributed by atoms with Gasteiger partial charge in [-0.25, -0.2) is 4.98 Å². The summed E-state index contributed by atoms with van der Waals surface area (Å²) >= 11 is 0. The largest absolute Gasteiger partial charge is 0.444 e. The first kappa shape index (κ1) is 10.6. The van der Waals surface area contributed by atoms with E-state index in [1.807, 2.05) is 6.20 Å². The van der Waals surface area contributed by atoms with E-state index in [1.165, 1.54) is 38.5 Å². The summed E-state index contributed by atoms with van der Waals surface area (Å²) in [6.45, 7) is 0. The molecule has 5 rings (SSSR count). The van der Waals surface area contributed by atoms with E-state index >= 15 is 0 Å². The lowest BCUT2D eigenvalue weighted by molar-refractivity contribution is -0.0155. The molecule has 3 heteroatoms.